The number of rotatable bonds is 4. The van der Waals surface area contributed by atoms with Crippen LogP contribution in [0.1, 0.15) is 12.8 Å². The fourth-order valence-electron chi connectivity index (χ4n) is 2.67. The highest BCUT2D eigenvalue weighted by molar-refractivity contribution is 7.99. The van der Waals surface area contributed by atoms with E-state index in [2.05, 4.69) is 10.6 Å². The molecule has 2 aliphatic heterocycles. The van der Waals surface area contributed by atoms with E-state index < -0.39 is 0 Å². The maximum absolute atomic E-state index is 12.1. The third kappa shape index (κ3) is 3.05. The number of methoxy groups -OCH3 is 1. The van der Waals surface area contributed by atoms with Crippen molar-refractivity contribution in [1.82, 2.24) is 5.32 Å². The number of nitrogens with zero attached hydrogens (tertiary/aromatic N) is 1. The van der Waals surface area contributed by atoms with Crippen molar-refractivity contribution >= 4 is 35.0 Å². The molecule has 1 atom stereocenters. The molecule has 0 bridgehead atoms. The molecule has 1 aromatic carbocycles. The van der Waals surface area contributed by atoms with E-state index in [1.807, 2.05) is 12.1 Å². The average molecular weight is 321 g/mol. The van der Waals surface area contributed by atoms with Crippen LogP contribution in [0.25, 0.3) is 0 Å². The lowest BCUT2D eigenvalue weighted by Gasteiger charge is -2.20. The minimum absolute atomic E-state index is 0.0444. The van der Waals surface area contributed by atoms with E-state index in [-0.39, 0.29) is 17.9 Å². The third-order valence-electron chi connectivity index (χ3n) is 3.84. The summed E-state index contributed by atoms with van der Waals surface area (Å²) in [6, 6.07) is 5.25. The van der Waals surface area contributed by atoms with Gasteiger partial charge in [0.05, 0.1) is 18.8 Å². The van der Waals surface area contributed by atoms with Gasteiger partial charge in [-0.3, -0.25) is 14.9 Å². The van der Waals surface area contributed by atoms with Crippen LogP contribution in [0.5, 0.6) is 5.75 Å². The molecule has 1 aromatic rings. The van der Waals surface area contributed by atoms with Gasteiger partial charge in [-0.25, -0.2) is 0 Å². The summed E-state index contributed by atoms with van der Waals surface area (Å²) < 4.78 is 5.39. The Balaban J connectivity index is 1.76. The van der Waals surface area contributed by atoms with Crippen molar-refractivity contribution in [3.05, 3.63) is 18.2 Å². The molecule has 1 unspecified atom stereocenters. The first-order chi connectivity index (χ1) is 10.7. The SMILES string of the molecule is COc1cc(NC(=O)C2CSCN2)ccc1N1CCCC1=O. The van der Waals surface area contributed by atoms with Crippen molar-refractivity contribution in [2.45, 2.75) is 18.9 Å². The van der Waals surface area contributed by atoms with Gasteiger partial charge in [-0.15, -0.1) is 11.8 Å². The van der Waals surface area contributed by atoms with Gasteiger partial charge in [-0.1, -0.05) is 0 Å². The molecule has 2 saturated heterocycles. The first-order valence-corrected chi connectivity index (χ1v) is 8.45. The van der Waals surface area contributed by atoms with Gasteiger partial charge in [0.15, 0.2) is 0 Å². The molecule has 2 heterocycles. The van der Waals surface area contributed by atoms with Crippen molar-refractivity contribution in [2.24, 2.45) is 0 Å². The first kappa shape index (κ1) is 15.2. The van der Waals surface area contributed by atoms with Crippen LogP contribution in [-0.2, 0) is 9.59 Å². The molecule has 0 aromatic heterocycles. The smallest absolute Gasteiger partial charge is 0.242 e. The number of amides is 2. The molecule has 2 N–H and O–H groups in total. The van der Waals surface area contributed by atoms with Crippen LogP contribution in [0.4, 0.5) is 11.4 Å². The zero-order valence-corrected chi connectivity index (χ0v) is 13.2. The van der Waals surface area contributed by atoms with Gasteiger partial charge in [-0.05, 0) is 18.6 Å². The lowest BCUT2D eigenvalue weighted by atomic mass is 10.2. The van der Waals surface area contributed by atoms with Gasteiger partial charge in [-0.2, -0.15) is 0 Å². The number of hydrogen-bond acceptors (Lipinski definition) is 5. The Morgan fingerprint density at radius 1 is 1.50 bits per heavy atom. The number of ether oxygens (including phenoxy) is 1. The topological polar surface area (TPSA) is 70.7 Å². The van der Waals surface area contributed by atoms with E-state index in [0.717, 1.165) is 23.7 Å². The molecule has 0 radical (unpaired) electrons. The number of carbonyl (C=O) groups is 2. The van der Waals surface area contributed by atoms with Crippen LogP contribution in [0, 0.1) is 0 Å². The standard InChI is InChI=1S/C15H19N3O3S/c1-21-13-7-10(17-15(20)11-8-22-9-16-11)4-5-12(13)18-6-2-3-14(18)19/h4-5,7,11,16H,2-3,6,8-9H2,1H3,(H,17,20). The van der Waals surface area contributed by atoms with Crippen molar-refractivity contribution in [3.63, 3.8) is 0 Å². The number of thioether (sulfide) groups is 1. The first-order valence-electron chi connectivity index (χ1n) is 7.29. The van der Waals surface area contributed by atoms with Gasteiger partial charge < -0.3 is 15.0 Å². The van der Waals surface area contributed by atoms with E-state index in [9.17, 15) is 9.59 Å². The maximum atomic E-state index is 12.1. The summed E-state index contributed by atoms with van der Waals surface area (Å²) in [5, 5.41) is 6.02. The summed E-state index contributed by atoms with van der Waals surface area (Å²) in [5.74, 6) is 2.25. The number of hydrogen-bond donors (Lipinski definition) is 2. The normalized spacial score (nSPS) is 21.2. The monoisotopic (exact) mass is 321 g/mol. The van der Waals surface area contributed by atoms with Gasteiger partial charge in [0.2, 0.25) is 11.8 Å². The Hall–Kier alpha value is -1.73. The predicted octanol–water partition coefficient (Wildman–Crippen LogP) is 1.42. The molecule has 2 amide bonds. The Kier molecular flexibility index (Phi) is 4.54. The van der Waals surface area contributed by atoms with Crippen molar-refractivity contribution in [2.75, 3.05) is 35.5 Å². The summed E-state index contributed by atoms with van der Waals surface area (Å²) in [7, 11) is 1.57. The summed E-state index contributed by atoms with van der Waals surface area (Å²) in [6.07, 6.45) is 1.44. The molecule has 2 fully saturated rings. The van der Waals surface area contributed by atoms with E-state index in [4.69, 9.17) is 4.74 Å². The van der Waals surface area contributed by atoms with Crippen LogP contribution in [0.2, 0.25) is 0 Å². The number of anilines is 2. The maximum Gasteiger partial charge on any atom is 0.242 e. The average Bonchev–Trinajstić information content (AvgIpc) is 3.18. The summed E-state index contributed by atoms with van der Waals surface area (Å²) in [6.45, 7) is 0.712. The highest BCUT2D eigenvalue weighted by Crippen LogP contribution is 2.33. The Morgan fingerprint density at radius 3 is 3.00 bits per heavy atom. The molecule has 6 nitrogen and oxygen atoms in total. The summed E-state index contributed by atoms with van der Waals surface area (Å²) >= 11 is 1.71. The summed E-state index contributed by atoms with van der Waals surface area (Å²) in [5.41, 5.74) is 1.44. The van der Waals surface area contributed by atoms with Crippen LogP contribution >= 0.6 is 11.8 Å². The molecular formula is C15H19N3O3S. The van der Waals surface area contributed by atoms with Crippen molar-refractivity contribution in [1.29, 1.82) is 0 Å². The van der Waals surface area contributed by atoms with E-state index in [0.29, 0.717) is 24.4 Å². The Morgan fingerprint density at radius 2 is 2.36 bits per heavy atom. The highest BCUT2D eigenvalue weighted by Gasteiger charge is 2.26. The van der Waals surface area contributed by atoms with Gasteiger partial charge in [0, 0.05) is 36.3 Å². The molecule has 0 aliphatic carbocycles. The van der Waals surface area contributed by atoms with Gasteiger partial charge in [0.25, 0.3) is 0 Å². The van der Waals surface area contributed by atoms with Crippen LogP contribution in [-0.4, -0.2) is 43.1 Å². The van der Waals surface area contributed by atoms with E-state index in [1.54, 1.807) is 29.8 Å². The second-order valence-electron chi connectivity index (χ2n) is 5.30. The number of nitrogens with one attached hydrogen (secondary N) is 2. The number of carbonyl (C=O) groups excluding carboxylic acids is 2. The fraction of sp³-hybridized carbons (Fsp3) is 0.467. The lowest BCUT2D eigenvalue weighted by Crippen LogP contribution is -2.37. The minimum atomic E-state index is -0.157. The fourth-order valence-corrected chi connectivity index (χ4v) is 3.62. The van der Waals surface area contributed by atoms with Crippen LogP contribution in [0.3, 0.4) is 0 Å². The Bertz CT molecular complexity index is 587. The van der Waals surface area contributed by atoms with E-state index in [1.165, 1.54) is 0 Å². The van der Waals surface area contributed by atoms with E-state index >= 15 is 0 Å². The minimum Gasteiger partial charge on any atom is -0.494 e. The molecule has 118 valence electrons. The molecular weight excluding hydrogens is 302 g/mol. The van der Waals surface area contributed by atoms with Crippen LogP contribution in [0.15, 0.2) is 18.2 Å². The van der Waals surface area contributed by atoms with Crippen molar-refractivity contribution < 1.29 is 14.3 Å². The molecule has 3 rings (SSSR count). The zero-order chi connectivity index (χ0) is 15.5. The van der Waals surface area contributed by atoms with Gasteiger partial charge in [0.1, 0.15) is 5.75 Å². The molecule has 0 saturated carbocycles. The summed E-state index contributed by atoms with van der Waals surface area (Å²) in [4.78, 5) is 25.7. The predicted molar refractivity (Wildman–Crippen MR) is 87.5 cm³/mol. The molecule has 7 heteroatoms. The molecule has 22 heavy (non-hydrogen) atoms. The van der Waals surface area contributed by atoms with Crippen molar-refractivity contribution in [3.8, 4) is 5.75 Å². The van der Waals surface area contributed by atoms with Gasteiger partial charge >= 0.3 is 0 Å². The quantitative estimate of drug-likeness (QED) is 0.878. The molecule has 2 aliphatic rings. The lowest BCUT2D eigenvalue weighted by molar-refractivity contribution is -0.118. The Labute approximate surface area is 133 Å². The largest absolute Gasteiger partial charge is 0.494 e. The molecule has 0 spiro atoms. The third-order valence-corrected chi connectivity index (χ3v) is 4.78. The van der Waals surface area contributed by atoms with Crippen LogP contribution < -0.4 is 20.3 Å². The number of benzene rings is 1. The second-order valence-corrected chi connectivity index (χ2v) is 6.33. The zero-order valence-electron chi connectivity index (χ0n) is 12.4. The highest BCUT2D eigenvalue weighted by atomic mass is 32.2. The second kappa shape index (κ2) is 6.58.